The normalized spacial score (nSPS) is 17.9. The number of carbonyl (C=O) groups excluding carboxylic acids is 1. The molecule has 1 amide bonds. The number of fused-ring (bicyclic) bond motifs is 1. The molecule has 7 heteroatoms. The third kappa shape index (κ3) is 5.32. The standard InChI is InChI=1S/C18H28N4O3/c1-20(2)6-5-19-18(23)13-22-9-7-21(8-10-22)12-15-3-4-16-17(11-15)25-14-24-16/h3-4,11H,5-10,12-14H2,1-2H3,(H,19,23). The van der Waals surface area contributed by atoms with Gasteiger partial charge in [-0.05, 0) is 31.8 Å². The fourth-order valence-corrected chi connectivity index (χ4v) is 3.08. The van der Waals surface area contributed by atoms with Crippen molar-refractivity contribution < 1.29 is 14.3 Å². The lowest BCUT2D eigenvalue weighted by atomic mass is 10.1. The van der Waals surface area contributed by atoms with E-state index in [4.69, 9.17) is 9.47 Å². The number of hydrogen-bond donors (Lipinski definition) is 1. The Labute approximate surface area is 149 Å². The number of piperazine rings is 1. The van der Waals surface area contributed by atoms with Crippen LogP contribution in [-0.2, 0) is 11.3 Å². The van der Waals surface area contributed by atoms with Crippen LogP contribution in [0.4, 0.5) is 0 Å². The van der Waals surface area contributed by atoms with Gasteiger partial charge in [-0.1, -0.05) is 6.07 Å². The van der Waals surface area contributed by atoms with Crippen molar-refractivity contribution in [2.24, 2.45) is 0 Å². The van der Waals surface area contributed by atoms with Gasteiger partial charge in [-0.15, -0.1) is 0 Å². The molecule has 0 atom stereocenters. The van der Waals surface area contributed by atoms with Gasteiger partial charge >= 0.3 is 0 Å². The molecule has 1 saturated heterocycles. The van der Waals surface area contributed by atoms with Crippen molar-refractivity contribution >= 4 is 5.91 Å². The minimum Gasteiger partial charge on any atom is -0.454 e. The first kappa shape index (κ1) is 18.0. The molecule has 1 N–H and O–H groups in total. The van der Waals surface area contributed by atoms with Crippen molar-refractivity contribution in [3.05, 3.63) is 23.8 Å². The number of nitrogens with one attached hydrogen (secondary N) is 1. The zero-order valence-corrected chi connectivity index (χ0v) is 15.2. The summed E-state index contributed by atoms with van der Waals surface area (Å²) in [5.74, 6) is 1.78. The Morgan fingerprint density at radius 1 is 1.12 bits per heavy atom. The summed E-state index contributed by atoms with van der Waals surface area (Å²) in [5, 5.41) is 2.97. The minimum absolute atomic E-state index is 0.117. The zero-order valence-electron chi connectivity index (χ0n) is 15.2. The Bertz CT molecular complexity index is 586. The summed E-state index contributed by atoms with van der Waals surface area (Å²) < 4.78 is 10.8. The van der Waals surface area contributed by atoms with Crippen LogP contribution in [0.25, 0.3) is 0 Å². The highest BCUT2D eigenvalue weighted by Gasteiger charge is 2.20. The Morgan fingerprint density at radius 2 is 1.84 bits per heavy atom. The molecule has 0 radical (unpaired) electrons. The van der Waals surface area contributed by atoms with E-state index in [2.05, 4.69) is 32.1 Å². The molecule has 1 fully saturated rings. The Hall–Kier alpha value is -1.83. The van der Waals surface area contributed by atoms with Crippen LogP contribution in [-0.4, -0.2) is 87.3 Å². The fourth-order valence-electron chi connectivity index (χ4n) is 3.08. The monoisotopic (exact) mass is 348 g/mol. The number of benzene rings is 1. The van der Waals surface area contributed by atoms with E-state index in [1.807, 2.05) is 20.2 Å². The molecule has 7 nitrogen and oxygen atoms in total. The molecule has 0 unspecified atom stereocenters. The molecular formula is C18H28N4O3. The van der Waals surface area contributed by atoms with Crippen LogP contribution in [0, 0.1) is 0 Å². The summed E-state index contributed by atoms with van der Waals surface area (Å²) in [6.45, 7) is 7.07. The topological polar surface area (TPSA) is 57.3 Å². The molecule has 2 heterocycles. The molecule has 0 aromatic heterocycles. The molecule has 3 rings (SSSR count). The smallest absolute Gasteiger partial charge is 0.234 e. The maximum absolute atomic E-state index is 12.0. The lowest BCUT2D eigenvalue weighted by Gasteiger charge is -2.34. The molecule has 2 aliphatic rings. The van der Waals surface area contributed by atoms with E-state index in [0.29, 0.717) is 19.9 Å². The second-order valence-corrected chi connectivity index (χ2v) is 6.89. The third-order valence-corrected chi connectivity index (χ3v) is 4.56. The Kier molecular flexibility index (Phi) is 6.12. The van der Waals surface area contributed by atoms with Crippen molar-refractivity contribution in [2.75, 3.05) is 66.7 Å². The largest absolute Gasteiger partial charge is 0.454 e. The van der Waals surface area contributed by atoms with E-state index in [1.54, 1.807) is 0 Å². The summed E-state index contributed by atoms with van der Waals surface area (Å²) in [6.07, 6.45) is 0. The number of amides is 1. The average Bonchev–Trinajstić information content (AvgIpc) is 3.04. The molecule has 2 aliphatic heterocycles. The predicted molar refractivity (Wildman–Crippen MR) is 95.8 cm³/mol. The van der Waals surface area contributed by atoms with Gasteiger partial charge in [0.1, 0.15) is 0 Å². The van der Waals surface area contributed by atoms with E-state index in [0.717, 1.165) is 50.8 Å². The van der Waals surface area contributed by atoms with Crippen molar-refractivity contribution in [1.82, 2.24) is 20.0 Å². The van der Waals surface area contributed by atoms with Crippen LogP contribution < -0.4 is 14.8 Å². The Balaban J connectivity index is 1.38. The van der Waals surface area contributed by atoms with Gasteiger partial charge in [0.15, 0.2) is 11.5 Å². The highest BCUT2D eigenvalue weighted by atomic mass is 16.7. The number of likely N-dealkylation sites (N-methyl/N-ethyl adjacent to an activating group) is 1. The summed E-state index contributed by atoms with van der Waals surface area (Å²) in [5.41, 5.74) is 1.24. The number of rotatable bonds is 7. The van der Waals surface area contributed by atoms with Crippen LogP contribution in [0.15, 0.2) is 18.2 Å². The van der Waals surface area contributed by atoms with E-state index in [9.17, 15) is 4.79 Å². The number of hydrogen-bond acceptors (Lipinski definition) is 6. The first-order chi connectivity index (χ1) is 12.1. The van der Waals surface area contributed by atoms with E-state index in [1.165, 1.54) is 5.56 Å². The lowest BCUT2D eigenvalue weighted by Crippen LogP contribution is -2.49. The maximum Gasteiger partial charge on any atom is 0.234 e. The maximum atomic E-state index is 12.0. The number of ether oxygens (including phenoxy) is 2. The van der Waals surface area contributed by atoms with Gasteiger partial charge < -0.3 is 19.7 Å². The number of nitrogens with zero attached hydrogens (tertiary/aromatic N) is 3. The van der Waals surface area contributed by atoms with Gasteiger partial charge in [0.05, 0.1) is 6.54 Å². The molecule has 1 aromatic rings. The molecule has 0 spiro atoms. The predicted octanol–water partition coefficient (Wildman–Crippen LogP) is 0.211. The fraction of sp³-hybridized carbons (Fsp3) is 0.611. The van der Waals surface area contributed by atoms with Crippen molar-refractivity contribution in [3.8, 4) is 11.5 Å². The second kappa shape index (κ2) is 8.51. The third-order valence-electron chi connectivity index (χ3n) is 4.56. The Morgan fingerprint density at radius 3 is 2.60 bits per heavy atom. The van der Waals surface area contributed by atoms with E-state index >= 15 is 0 Å². The molecule has 1 aromatic carbocycles. The lowest BCUT2D eigenvalue weighted by molar-refractivity contribution is -0.122. The van der Waals surface area contributed by atoms with Crippen LogP contribution in [0.1, 0.15) is 5.56 Å². The summed E-state index contributed by atoms with van der Waals surface area (Å²) in [6, 6.07) is 6.14. The molecule has 138 valence electrons. The van der Waals surface area contributed by atoms with Gasteiger partial charge in [-0.3, -0.25) is 14.6 Å². The second-order valence-electron chi connectivity index (χ2n) is 6.89. The van der Waals surface area contributed by atoms with Crippen molar-refractivity contribution in [2.45, 2.75) is 6.54 Å². The molecule has 25 heavy (non-hydrogen) atoms. The van der Waals surface area contributed by atoms with Crippen LogP contribution in [0.5, 0.6) is 11.5 Å². The SMILES string of the molecule is CN(C)CCNC(=O)CN1CCN(Cc2ccc3c(c2)OCO3)CC1. The van der Waals surface area contributed by atoms with Gasteiger partial charge in [0.2, 0.25) is 12.7 Å². The highest BCUT2D eigenvalue weighted by molar-refractivity contribution is 5.78. The average molecular weight is 348 g/mol. The molecular weight excluding hydrogens is 320 g/mol. The zero-order chi connectivity index (χ0) is 17.6. The van der Waals surface area contributed by atoms with E-state index in [-0.39, 0.29) is 5.91 Å². The highest BCUT2D eigenvalue weighted by Crippen LogP contribution is 2.32. The number of carbonyl (C=O) groups is 1. The van der Waals surface area contributed by atoms with Crippen molar-refractivity contribution in [3.63, 3.8) is 0 Å². The van der Waals surface area contributed by atoms with Crippen molar-refractivity contribution in [1.29, 1.82) is 0 Å². The van der Waals surface area contributed by atoms with E-state index < -0.39 is 0 Å². The van der Waals surface area contributed by atoms with Crippen LogP contribution in [0.3, 0.4) is 0 Å². The van der Waals surface area contributed by atoms with Crippen LogP contribution >= 0.6 is 0 Å². The first-order valence-corrected chi connectivity index (χ1v) is 8.85. The first-order valence-electron chi connectivity index (χ1n) is 8.85. The van der Waals surface area contributed by atoms with Gasteiger partial charge in [-0.25, -0.2) is 0 Å². The summed E-state index contributed by atoms with van der Waals surface area (Å²) >= 11 is 0. The quantitative estimate of drug-likeness (QED) is 0.760. The summed E-state index contributed by atoms with van der Waals surface area (Å²) in [7, 11) is 4.01. The molecule has 0 saturated carbocycles. The van der Waals surface area contributed by atoms with Gasteiger partial charge in [-0.2, -0.15) is 0 Å². The van der Waals surface area contributed by atoms with Gasteiger partial charge in [0.25, 0.3) is 0 Å². The molecule has 0 aliphatic carbocycles. The summed E-state index contributed by atoms with van der Waals surface area (Å²) in [4.78, 5) is 18.7. The molecule has 0 bridgehead atoms. The van der Waals surface area contributed by atoms with Gasteiger partial charge in [0, 0.05) is 45.8 Å². The van der Waals surface area contributed by atoms with Crippen LogP contribution in [0.2, 0.25) is 0 Å². The minimum atomic E-state index is 0.117.